The number of aromatic nitrogens is 2. The molecule has 7 heteroatoms. The molecule has 1 atom stereocenters. The fraction of sp³-hybridized carbons (Fsp3) is 0.727. The van der Waals surface area contributed by atoms with E-state index in [9.17, 15) is 13.2 Å². The van der Waals surface area contributed by atoms with Gasteiger partial charge in [0.05, 0.1) is 23.2 Å². The molecule has 2 heterocycles. The van der Waals surface area contributed by atoms with Crippen LogP contribution in [0.25, 0.3) is 0 Å². The van der Waals surface area contributed by atoms with Gasteiger partial charge in [0, 0.05) is 5.41 Å². The molecule has 102 valence electrons. The van der Waals surface area contributed by atoms with Gasteiger partial charge in [-0.3, -0.25) is 9.89 Å². The van der Waals surface area contributed by atoms with Gasteiger partial charge in [0.25, 0.3) is 5.56 Å². The highest BCUT2D eigenvalue weighted by Gasteiger charge is 2.32. The molecule has 18 heavy (non-hydrogen) atoms. The zero-order valence-corrected chi connectivity index (χ0v) is 11.7. The Balaban J connectivity index is 2.46. The molecule has 0 bridgehead atoms. The summed E-state index contributed by atoms with van der Waals surface area (Å²) in [4.78, 5) is 12.0. The number of hydrogen-bond acceptors (Lipinski definition) is 4. The highest BCUT2D eigenvalue weighted by atomic mass is 32.2. The third-order valence-corrected chi connectivity index (χ3v) is 5.02. The first kappa shape index (κ1) is 13.2. The third kappa shape index (κ3) is 2.19. The second-order valence-electron chi connectivity index (χ2n) is 5.88. The summed E-state index contributed by atoms with van der Waals surface area (Å²) in [5.41, 5.74) is 6.07. The molecule has 0 aromatic carbocycles. The second-order valence-corrected chi connectivity index (χ2v) is 8.11. The van der Waals surface area contributed by atoms with Crippen LogP contribution in [0.3, 0.4) is 0 Å². The topological polar surface area (TPSA) is 98.0 Å². The molecular weight excluding hydrogens is 254 g/mol. The maximum atomic E-state index is 12.0. The Morgan fingerprint density at radius 1 is 1.39 bits per heavy atom. The van der Waals surface area contributed by atoms with Gasteiger partial charge in [0.1, 0.15) is 5.69 Å². The minimum atomic E-state index is -3.02. The molecule has 1 saturated heterocycles. The first-order valence-electron chi connectivity index (χ1n) is 5.93. The molecule has 0 aliphatic carbocycles. The Hall–Kier alpha value is -1.24. The summed E-state index contributed by atoms with van der Waals surface area (Å²) in [5, 5.41) is 2.98. The van der Waals surface area contributed by atoms with Crippen molar-refractivity contribution in [2.45, 2.75) is 38.6 Å². The molecule has 1 aliphatic rings. The molecule has 0 radical (unpaired) electrons. The minimum absolute atomic E-state index is 0.0104. The van der Waals surface area contributed by atoms with Crippen LogP contribution in [0.1, 0.15) is 38.9 Å². The highest BCUT2D eigenvalue weighted by Crippen LogP contribution is 2.27. The predicted molar refractivity (Wildman–Crippen MR) is 70.5 cm³/mol. The van der Waals surface area contributed by atoms with Crippen LogP contribution in [-0.2, 0) is 15.3 Å². The zero-order chi connectivity index (χ0) is 13.7. The fourth-order valence-electron chi connectivity index (χ4n) is 2.28. The van der Waals surface area contributed by atoms with E-state index in [1.165, 1.54) is 4.68 Å². The third-order valence-electron chi connectivity index (χ3n) is 3.27. The van der Waals surface area contributed by atoms with Crippen molar-refractivity contribution in [1.29, 1.82) is 0 Å². The lowest BCUT2D eigenvalue weighted by molar-refractivity contribution is 0.465. The summed E-state index contributed by atoms with van der Waals surface area (Å²) in [7, 11) is -3.02. The van der Waals surface area contributed by atoms with Crippen LogP contribution in [0.15, 0.2) is 4.79 Å². The number of sulfone groups is 1. The van der Waals surface area contributed by atoms with Gasteiger partial charge in [-0.05, 0) is 6.42 Å². The second kappa shape index (κ2) is 3.88. The average Bonchev–Trinajstić information content (AvgIpc) is 2.69. The number of rotatable bonds is 1. The normalized spacial score (nSPS) is 23.4. The van der Waals surface area contributed by atoms with Gasteiger partial charge in [0.2, 0.25) is 0 Å². The molecule has 0 amide bonds. The number of H-pyrrole nitrogens is 1. The lowest BCUT2D eigenvalue weighted by atomic mass is 9.91. The van der Waals surface area contributed by atoms with Gasteiger partial charge in [-0.15, -0.1) is 0 Å². The maximum absolute atomic E-state index is 12.0. The number of nitrogen functional groups attached to an aromatic ring is 1. The van der Waals surface area contributed by atoms with Crippen molar-refractivity contribution in [2.75, 3.05) is 17.2 Å². The van der Waals surface area contributed by atoms with E-state index in [-0.39, 0.29) is 34.2 Å². The first-order chi connectivity index (χ1) is 8.12. The Labute approximate surface area is 106 Å². The summed E-state index contributed by atoms with van der Waals surface area (Å²) in [6.07, 6.45) is 0.464. The van der Waals surface area contributed by atoms with Gasteiger partial charge < -0.3 is 5.73 Å². The van der Waals surface area contributed by atoms with Gasteiger partial charge in [0.15, 0.2) is 9.84 Å². The molecule has 1 aromatic rings. The van der Waals surface area contributed by atoms with E-state index in [2.05, 4.69) is 5.10 Å². The number of nitrogens with one attached hydrogen (secondary N) is 1. The standard InChI is InChI=1S/C11H19N3O3S/c1-11(2,3)9-8(12)10(15)14(13-9)7-4-5-18(16,17)6-7/h7,13H,4-6,12H2,1-3H3. The quantitative estimate of drug-likeness (QED) is 0.774. The molecular formula is C11H19N3O3S. The van der Waals surface area contributed by atoms with E-state index >= 15 is 0 Å². The van der Waals surface area contributed by atoms with E-state index in [0.717, 1.165) is 0 Å². The molecule has 3 N–H and O–H groups in total. The predicted octanol–water partition coefficient (Wildman–Crippen LogP) is 0.416. The summed E-state index contributed by atoms with van der Waals surface area (Å²) >= 11 is 0. The molecule has 1 fully saturated rings. The van der Waals surface area contributed by atoms with Crippen molar-refractivity contribution in [1.82, 2.24) is 9.78 Å². The smallest absolute Gasteiger partial charge is 0.290 e. The lowest BCUT2D eigenvalue weighted by Gasteiger charge is -2.17. The van der Waals surface area contributed by atoms with Crippen LogP contribution in [0.4, 0.5) is 5.69 Å². The summed E-state index contributed by atoms with van der Waals surface area (Å²) in [6.45, 7) is 5.85. The number of nitrogens with two attached hydrogens (primary N) is 1. The first-order valence-corrected chi connectivity index (χ1v) is 7.75. The number of aromatic amines is 1. The highest BCUT2D eigenvalue weighted by molar-refractivity contribution is 7.91. The van der Waals surface area contributed by atoms with Crippen LogP contribution in [-0.4, -0.2) is 29.7 Å². The fourth-order valence-corrected chi connectivity index (χ4v) is 3.98. The summed E-state index contributed by atoms with van der Waals surface area (Å²) < 4.78 is 24.3. The van der Waals surface area contributed by atoms with E-state index < -0.39 is 9.84 Å². The van der Waals surface area contributed by atoms with Crippen molar-refractivity contribution < 1.29 is 8.42 Å². The van der Waals surface area contributed by atoms with Crippen molar-refractivity contribution in [3.63, 3.8) is 0 Å². The summed E-state index contributed by atoms with van der Waals surface area (Å²) in [5.74, 6) is 0.143. The van der Waals surface area contributed by atoms with Crippen LogP contribution >= 0.6 is 0 Å². The Morgan fingerprint density at radius 2 is 2.00 bits per heavy atom. The average molecular weight is 273 g/mol. The molecule has 1 aliphatic heterocycles. The van der Waals surface area contributed by atoms with Crippen molar-refractivity contribution in [3.8, 4) is 0 Å². The van der Waals surface area contributed by atoms with Gasteiger partial charge in [-0.2, -0.15) is 0 Å². The van der Waals surface area contributed by atoms with Crippen LogP contribution < -0.4 is 11.3 Å². The number of hydrogen-bond donors (Lipinski definition) is 2. The molecule has 1 unspecified atom stereocenters. The molecule has 2 rings (SSSR count). The van der Waals surface area contributed by atoms with Crippen molar-refractivity contribution in [2.24, 2.45) is 0 Å². The molecule has 0 spiro atoms. The molecule has 1 aromatic heterocycles. The van der Waals surface area contributed by atoms with Gasteiger partial charge >= 0.3 is 0 Å². The largest absolute Gasteiger partial charge is 0.393 e. The van der Waals surface area contributed by atoms with E-state index in [1.807, 2.05) is 20.8 Å². The lowest BCUT2D eigenvalue weighted by Crippen LogP contribution is -2.24. The van der Waals surface area contributed by atoms with E-state index in [0.29, 0.717) is 12.1 Å². The minimum Gasteiger partial charge on any atom is -0.393 e. The Kier molecular flexibility index (Phi) is 2.84. The Bertz CT molecular complexity index is 619. The van der Waals surface area contributed by atoms with Gasteiger partial charge in [-0.25, -0.2) is 13.1 Å². The van der Waals surface area contributed by atoms with Crippen molar-refractivity contribution >= 4 is 15.5 Å². The summed E-state index contributed by atoms with van der Waals surface area (Å²) in [6, 6.07) is -0.319. The Morgan fingerprint density at radius 3 is 2.39 bits per heavy atom. The van der Waals surface area contributed by atoms with Crippen molar-refractivity contribution in [3.05, 3.63) is 16.0 Å². The van der Waals surface area contributed by atoms with Crippen LogP contribution in [0, 0.1) is 0 Å². The monoisotopic (exact) mass is 273 g/mol. The number of anilines is 1. The van der Waals surface area contributed by atoms with E-state index in [4.69, 9.17) is 5.73 Å². The van der Waals surface area contributed by atoms with Crippen LogP contribution in [0.2, 0.25) is 0 Å². The zero-order valence-electron chi connectivity index (χ0n) is 10.9. The number of nitrogens with zero attached hydrogens (tertiary/aromatic N) is 1. The van der Waals surface area contributed by atoms with Crippen LogP contribution in [0.5, 0.6) is 0 Å². The SMILES string of the molecule is CC(C)(C)c1[nH]n(C2CCS(=O)(=O)C2)c(=O)c1N. The molecule has 6 nitrogen and oxygen atoms in total. The maximum Gasteiger partial charge on any atom is 0.290 e. The molecule has 0 saturated carbocycles. The van der Waals surface area contributed by atoms with E-state index in [1.54, 1.807) is 0 Å². The van der Waals surface area contributed by atoms with Gasteiger partial charge in [-0.1, -0.05) is 20.8 Å².